The molecule has 0 saturated carbocycles. The minimum absolute atomic E-state index is 0.0352. The molecule has 0 spiro atoms. The summed E-state index contributed by atoms with van der Waals surface area (Å²) < 4.78 is 17.1. The lowest BCUT2D eigenvalue weighted by Crippen LogP contribution is -2.38. The Balaban J connectivity index is 1.80. The number of aliphatic hydroxyl groups is 1. The van der Waals surface area contributed by atoms with E-state index in [9.17, 15) is 14.7 Å². The van der Waals surface area contributed by atoms with E-state index in [1.165, 1.54) is 0 Å². The van der Waals surface area contributed by atoms with E-state index in [-0.39, 0.29) is 17.4 Å². The Morgan fingerprint density at radius 3 is 2.50 bits per heavy atom. The number of benzene rings is 2. The van der Waals surface area contributed by atoms with Crippen LogP contribution in [-0.2, 0) is 9.59 Å². The first-order chi connectivity index (χ1) is 17.3. The number of hydrogen-bond donors (Lipinski definition) is 1. The summed E-state index contributed by atoms with van der Waals surface area (Å²) in [7, 11) is 0. The molecule has 1 fully saturated rings. The molecule has 2 aromatic rings. The number of likely N-dealkylation sites (N-methyl/N-ethyl adjacent to an activating group) is 1. The van der Waals surface area contributed by atoms with Crippen LogP contribution in [0.1, 0.15) is 44.9 Å². The maximum Gasteiger partial charge on any atom is 0.295 e. The van der Waals surface area contributed by atoms with Gasteiger partial charge in [-0.15, -0.1) is 0 Å². The first-order valence-electron chi connectivity index (χ1n) is 12.5. The van der Waals surface area contributed by atoms with Gasteiger partial charge in [-0.25, -0.2) is 0 Å². The number of carbonyl (C=O) groups excluding carboxylic acids is 2. The van der Waals surface area contributed by atoms with Gasteiger partial charge in [0, 0.05) is 18.7 Å². The van der Waals surface area contributed by atoms with Crippen molar-refractivity contribution in [1.82, 2.24) is 9.80 Å². The number of nitrogens with zero attached hydrogens (tertiary/aromatic N) is 2. The molecule has 1 N–H and O–H groups in total. The third kappa shape index (κ3) is 5.18. The average molecular weight is 495 g/mol. The molecule has 0 bridgehead atoms. The number of ether oxygens (including phenoxy) is 3. The van der Waals surface area contributed by atoms with Gasteiger partial charge in [0.25, 0.3) is 11.7 Å². The molecule has 192 valence electrons. The number of Topliss-reactive ketones (excluding diaryl/α,β-unsaturated/α-hetero) is 1. The fourth-order valence-corrected chi connectivity index (χ4v) is 4.62. The molecule has 8 nitrogen and oxygen atoms in total. The first kappa shape index (κ1) is 25.6. The molecule has 2 heterocycles. The Bertz CT molecular complexity index is 1150. The molecular weight excluding hydrogens is 460 g/mol. The third-order valence-corrected chi connectivity index (χ3v) is 6.45. The van der Waals surface area contributed by atoms with Crippen LogP contribution in [0.5, 0.6) is 17.2 Å². The van der Waals surface area contributed by atoms with E-state index in [2.05, 4.69) is 18.7 Å². The normalized spacial score (nSPS) is 18.8. The van der Waals surface area contributed by atoms with Crippen molar-refractivity contribution in [2.24, 2.45) is 0 Å². The number of carbonyl (C=O) groups is 2. The molecule has 0 radical (unpaired) electrons. The third-order valence-electron chi connectivity index (χ3n) is 6.45. The molecule has 0 aliphatic carbocycles. The molecule has 2 aromatic carbocycles. The van der Waals surface area contributed by atoms with Crippen LogP contribution in [0.15, 0.2) is 48.0 Å². The second kappa shape index (κ2) is 11.0. The molecule has 1 atom stereocenters. The molecule has 1 amide bonds. The summed E-state index contributed by atoms with van der Waals surface area (Å²) >= 11 is 0. The summed E-state index contributed by atoms with van der Waals surface area (Å²) in [5.74, 6) is 0.132. The Kier molecular flexibility index (Phi) is 7.84. The van der Waals surface area contributed by atoms with E-state index < -0.39 is 17.7 Å². The smallest absolute Gasteiger partial charge is 0.295 e. The predicted molar refractivity (Wildman–Crippen MR) is 136 cm³/mol. The lowest BCUT2D eigenvalue weighted by atomic mass is 9.95. The first-order valence-corrected chi connectivity index (χ1v) is 12.5. The quantitative estimate of drug-likeness (QED) is 0.320. The summed E-state index contributed by atoms with van der Waals surface area (Å²) in [5, 5.41) is 11.4. The van der Waals surface area contributed by atoms with Gasteiger partial charge in [0.05, 0.1) is 17.7 Å². The highest BCUT2D eigenvalue weighted by Crippen LogP contribution is 2.41. The van der Waals surface area contributed by atoms with Crippen LogP contribution >= 0.6 is 0 Å². The minimum atomic E-state index is -0.746. The molecule has 2 aliphatic rings. The van der Waals surface area contributed by atoms with Crippen LogP contribution < -0.4 is 14.2 Å². The van der Waals surface area contributed by atoms with Crippen LogP contribution in [0.2, 0.25) is 0 Å². The fraction of sp³-hybridized carbons (Fsp3) is 0.429. The maximum atomic E-state index is 13.3. The Labute approximate surface area is 212 Å². The van der Waals surface area contributed by atoms with Crippen molar-refractivity contribution in [2.75, 3.05) is 39.4 Å². The largest absolute Gasteiger partial charge is 0.507 e. The van der Waals surface area contributed by atoms with E-state index in [0.29, 0.717) is 54.7 Å². The van der Waals surface area contributed by atoms with Gasteiger partial charge >= 0.3 is 0 Å². The van der Waals surface area contributed by atoms with E-state index in [1.54, 1.807) is 23.1 Å². The summed E-state index contributed by atoms with van der Waals surface area (Å²) in [4.78, 5) is 30.3. The zero-order valence-corrected chi connectivity index (χ0v) is 21.3. The number of amides is 1. The highest BCUT2D eigenvalue weighted by molar-refractivity contribution is 6.46. The number of aliphatic hydroxyl groups excluding tert-OH is 1. The Morgan fingerprint density at radius 1 is 1.08 bits per heavy atom. The number of hydrogen-bond acceptors (Lipinski definition) is 7. The van der Waals surface area contributed by atoms with Crippen molar-refractivity contribution in [3.63, 3.8) is 0 Å². The van der Waals surface area contributed by atoms with Crippen molar-refractivity contribution in [1.29, 1.82) is 0 Å². The molecule has 36 heavy (non-hydrogen) atoms. The van der Waals surface area contributed by atoms with E-state index in [4.69, 9.17) is 14.2 Å². The van der Waals surface area contributed by atoms with Gasteiger partial charge in [-0.1, -0.05) is 26.0 Å². The molecule has 2 aliphatic heterocycles. The summed E-state index contributed by atoms with van der Waals surface area (Å²) in [6, 6.07) is 11.6. The van der Waals surface area contributed by atoms with Gasteiger partial charge in [0.2, 0.25) is 0 Å². The van der Waals surface area contributed by atoms with Crippen molar-refractivity contribution < 1.29 is 28.9 Å². The zero-order valence-electron chi connectivity index (χ0n) is 21.3. The summed E-state index contributed by atoms with van der Waals surface area (Å²) in [6.07, 6.45) is -0.0352. The Hall–Kier alpha value is -3.52. The molecule has 1 unspecified atom stereocenters. The van der Waals surface area contributed by atoms with Crippen molar-refractivity contribution in [3.05, 3.63) is 59.2 Å². The van der Waals surface area contributed by atoms with Crippen LogP contribution in [0.4, 0.5) is 0 Å². The predicted octanol–water partition coefficient (Wildman–Crippen LogP) is 4.01. The SMILES string of the molecule is CCN(CC)CCN1C(=O)C(=O)/C(=C(\O)c2ccc3c(c2)OCCO3)C1c1cccc(OC(C)C)c1. The van der Waals surface area contributed by atoms with Gasteiger partial charge in [-0.2, -0.15) is 0 Å². The van der Waals surface area contributed by atoms with Crippen molar-refractivity contribution in [2.45, 2.75) is 39.8 Å². The second-order valence-corrected chi connectivity index (χ2v) is 9.12. The van der Waals surface area contributed by atoms with E-state index in [0.717, 1.165) is 13.1 Å². The van der Waals surface area contributed by atoms with Gasteiger partial charge < -0.3 is 29.1 Å². The lowest BCUT2D eigenvalue weighted by Gasteiger charge is -2.28. The molecule has 1 saturated heterocycles. The highest BCUT2D eigenvalue weighted by Gasteiger charge is 2.46. The zero-order chi connectivity index (χ0) is 25.8. The number of likely N-dealkylation sites (tertiary alicyclic amines) is 1. The average Bonchev–Trinajstić information content (AvgIpc) is 3.13. The highest BCUT2D eigenvalue weighted by atomic mass is 16.6. The van der Waals surface area contributed by atoms with Gasteiger partial charge in [-0.3, -0.25) is 9.59 Å². The van der Waals surface area contributed by atoms with E-state index >= 15 is 0 Å². The molecule has 4 rings (SSSR count). The van der Waals surface area contributed by atoms with Crippen LogP contribution in [-0.4, -0.2) is 72.1 Å². The maximum absolute atomic E-state index is 13.3. The second-order valence-electron chi connectivity index (χ2n) is 9.12. The van der Waals surface area contributed by atoms with Crippen LogP contribution in [0.25, 0.3) is 5.76 Å². The minimum Gasteiger partial charge on any atom is -0.507 e. The van der Waals surface area contributed by atoms with Crippen molar-refractivity contribution >= 4 is 17.4 Å². The summed E-state index contributed by atoms with van der Waals surface area (Å²) in [5.41, 5.74) is 1.14. The van der Waals surface area contributed by atoms with Gasteiger partial charge in [-0.05, 0) is 62.8 Å². The summed E-state index contributed by atoms with van der Waals surface area (Å²) in [6.45, 7) is 11.5. The molecule has 0 aromatic heterocycles. The number of fused-ring (bicyclic) bond motifs is 1. The van der Waals surface area contributed by atoms with Crippen LogP contribution in [0.3, 0.4) is 0 Å². The lowest BCUT2D eigenvalue weighted by molar-refractivity contribution is -0.140. The van der Waals surface area contributed by atoms with Crippen molar-refractivity contribution in [3.8, 4) is 17.2 Å². The monoisotopic (exact) mass is 494 g/mol. The molecule has 8 heteroatoms. The fourth-order valence-electron chi connectivity index (χ4n) is 4.62. The number of rotatable bonds is 9. The standard InChI is InChI=1S/C28H34N2O6/c1-5-29(6-2)12-13-30-25(19-8-7-9-21(16-19)36-18(3)4)24(27(32)28(30)33)26(31)20-10-11-22-23(17-20)35-15-14-34-22/h7-11,16-18,25,31H,5-6,12-15H2,1-4H3/b26-24-. The van der Waals surface area contributed by atoms with E-state index in [1.807, 2.05) is 38.1 Å². The van der Waals surface area contributed by atoms with Gasteiger partial charge in [0.15, 0.2) is 11.5 Å². The topological polar surface area (TPSA) is 88.5 Å². The number of ketones is 1. The Morgan fingerprint density at radius 2 is 1.81 bits per heavy atom. The van der Waals surface area contributed by atoms with Crippen LogP contribution in [0, 0.1) is 0 Å². The molecular formula is C28H34N2O6. The van der Waals surface area contributed by atoms with Gasteiger partial charge in [0.1, 0.15) is 24.7 Å².